The molecule has 5 heterocycles. The monoisotopic (exact) mass is 489 g/mol. The van der Waals surface area contributed by atoms with Crippen molar-refractivity contribution in [3.05, 3.63) is 57.5 Å². The van der Waals surface area contributed by atoms with Gasteiger partial charge in [-0.3, -0.25) is 14.4 Å². The first-order chi connectivity index (χ1) is 15.9. The fourth-order valence-electron chi connectivity index (χ4n) is 4.50. The number of amides is 2. The lowest BCUT2D eigenvalue weighted by molar-refractivity contribution is -0.116. The van der Waals surface area contributed by atoms with Crippen LogP contribution in [0.3, 0.4) is 0 Å². The van der Waals surface area contributed by atoms with E-state index in [1.54, 1.807) is 15.5 Å². The summed E-state index contributed by atoms with van der Waals surface area (Å²) in [6.07, 6.45) is 3.64. The van der Waals surface area contributed by atoms with Crippen molar-refractivity contribution in [1.29, 1.82) is 0 Å². The van der Waals surface area contributed by atoms with E-state index in [9.17, 15) is 18.8 Å². The van der Waals surface area contributed by atoms with Crippen LogP contribution in [-0.4, -0.2) is 55.0 Å². The molecular weight excluding hydrogens is 465 g/mol. The van der Waals surface area contributed by atoms with E-state index in [0.29, 0.717) is 29.9 Å². The van der Waals surface area contributed by atoms with Crippen LogP contribution in [0.4, 0.5) is 10.2 Å². The third-order valence-corrected chi connectivity index (χ3v) is 6.12. The van der Waals surface area contributed by atoms with Crippen molar-refractivity contribution >= 4 is 35.7 Å². The number of hydrogen-bond donors (Lipinski definition) is 2. The molecule has 0 spiro atoms. The van der Waals surface area contributed by atoms with Gasteiger partial charge in [-0.1, -0.05) is 6.92 Å². The van der Waals surface area contributed by atoms with Crippen molar-refractivity contribution in [2.45, 2.75) is 45.3 Å². The van der Waals surface area contributed by atoms with Crippen LogP contribution in [0.15, 0.2) is 29.2 Å². The summed E-state index contributed by atoms with van der Waals surface area (Å²) in [4.78, 5) is 44.9. The quantitative estimate of drug-likeness (QED) is 0.540. The first-order valence-corrected chi connectivity index (χ1v) is 11.0. The summed E-state index contributed by atoms with van der Waals surface area (Å²) < 4.78 is 15.9. The minimum absolute atomic E-state index is 0. The Balaban J connectivity index is 0.00000274. The van der Waals surface area contributed by atoms with Crippen molar-refractivity contribution in [3.8, 4) is 0 Å². The zero-order valence-electron chi connectivity index (χ0n) is 18.6. The van der Waals surface area contributed by atoms with E-state index in [-0.39, 0.29) is 54.5 Å². The van der Waals surface area contributed by atoms with E-state index in [1.165, 1.54) is 16.6 Å². The number of anilines is 1. The van der Waals surface area contributed by atoms with Crippen molar-refractivity contribution < 1.29 is 14.0 Å². The Bertz CT molecular complexity index is 1300. The molecule has 1 atom stereocenters. The number of carbonyl (C=O) groups is 2. The minimum atomic E-state index is -0.512. The molecule has 5 rings (SSSR count). The standard InChI is InChI=1S/C22H24FN7O3.ClH/c1-2-14-8-19-29(12-18(31)26-17-6-5-13(23)9-25-17)20-16(21(32)30(19)27-14)11-28(22(20)33)10-15-4-3-7-24-15;/h5-6,8-9,15,24H,2-4,7,10-12H2,1H3,(H,25,26,31);1H. The van der Waals surface area contributed by atoms with Crippen molar-refractivity contribution in [2.24, 2.45) is 0 Å². The van der Waals surface area contributed by atoms with Gasteiger partial charge in [-0.25, -0.2) is 9.37 Å². The molecule has 1 unspecified atom stereocenters. The van der Waals surface area contributed by atoms with Gasteiger partial charge in [-0.15, -0.1) is 12.4 Å². The van der Waals surface area contributed by atoms with Crippen molar-refractivity contribution in [3.63, 3.8) is 0 Å². The average Bonchev–Trinajstić information content (AvgIpc) is 3.53. The summed E-state index contributed by atoms with van der Waals surface area (Å²) in [5.74, 6) is -1.05. The smallest absolute Gasteiger partial charge is 0.280 e. The predicted octanol–water partition coefficient (Wildman–Crippen LogP) is 1.36. The fraction of sp³-hybridized carbons (Fsp3) is 0.409. The molecule has 10 nitrogen and oxygen atoms in total. The molecule has 0 bridgehead atoms. The summed E-state index contributed by atoms with van der Waals surface area (Å²) >= 11 is 0. The summed E-state index contributed by atoms with van der Waals surface area (Å²) in [6.45, 7) is 3.29. The predicted molar refractivity (Wildman–Crippen MR) is 125 cm³/mol. The highest BCUT2D eigenvalue weighted by molar-refractivity contribution is 5.98. The maximum atomic E-state index is 13.4. The number of aryl methyl sites for hydroxylation is 1. The molecule has 180 valence electrons. The van der Waals surface area contributed by atoms with Gasteiger partial charge < -0.3 is 20.1 Å². The number of nitrogens with zero attached hydrogens (tertiary/aromatic N) is 5. The highest BCUT2D eigenvalue weighted by atomic mass is 35.5. The Morgan fingerprint density at radius 1 is 1.32 bits per heavy atom. The third kappa shape index (κ3) is 4.28. The van der Waals surface area contributed by atoms with E-state index >= 15 is 0 Å². The van der Waals surface area contributed by atoms with Gasteiger partial charge in [0.1, 0.15) is 29.5 Å². The Morgan fingerprint density at radius 3 is 2.82 bits per heavy atom. The number of pyridine rings is 1. The second kappa shape index (κ2) is 9.51. The Morgan fingerprint density at radius 2 is 2.15 bits per heavy atom. The van der Waals surface area contributed by atoms with Crippen LogP contribution in [0.1, 0.15) is 41.5 Å². The number of hydrogen-bond acceptors (Lipinski definition) is 6. The van der Waals surface area contributed by atoms with Gasteiger partial charge in [0.05, 0.1) is 24.0 Å². The summed E-state index contributed by atoms with van der Waals surface area (Å²) in [7, 11) is 0. The molecule has 12 heteroatoms. The molecule has 1 saturated heterocycles. The average molecular weight is 490 g/mol. The first kappa shape index (κ1) is 23.8. The minimum Gasteiger partial charge on any atom is -0.331 e. The van der Waals surface area contributed by atoms with E-state index in [0.717, 1.165) is 25.6 Å². The zero-order valence-corrected chi connectivity index (χ0v) is 19.4. The largest absolute Gasteiger partial charge is 0.331 e. The number of halogens is 2. The van der Waals surface area contributed by atoms with Crippen LogP contribution in [0.2, 0.25) is 0 Å². The molecule has 0 aliphatic carbocycles. The normalized spacial score (nSPS) is 17.2. The first-order valence-electron chi connectivity index (χ1n) is 11.0. The molecule has 2 N–H and O–H groups in total. The van der Waals surface area contributed by atoms with Gasteiger partial charge in [0.15, 0.2) is 0 Å². The fourth-order valence-corrected chi connectivity index (χ4v) is 4.50. The van der Waals surface area contributed by atoms with Crippen LogP contribution in [0.25, 0.3) is 5.65 Å². The molecule has 0 saturated carbocycles. The molecular formula is C22H25ClFN7O3. The van der Waals surface area contributed by atoms with Gasteiger partial charge in [0, 0.05) is 18.7 Å². The molecule has 2 aliphatic rings. The lowest BCUT2D eigenvalue weighted by atomic mass is 10.2. The van der Waals surface area contributed by atoms with Gasteiger partial charge in [-0.2, -0.15) is 9.61 Å². The van der Waals surface area contributed by atoms with Crippen LogP contribution in [-0.2, 0) is 24.3 Å². The van der Waals surface area contributed by atoms with E-state index in [2.05, 4.69) is 20.7 Å². The van der Waals surface area contributed by atoms with Gasteiger partial charge >= 0.3 is 0 Å². The Kier molecular flexibility index (Phi) is 6.67. The van der Waals surface area contributed by atoms with Crippen LogP contribution < -0.4 is 16.2 Å². The van der Waals surface area contributed by atoms with Crippen LogP contribution in [0, 0.1) is 5.82 Å². The molecule has 0 radical (unpaired) electrons. The Hall–Kier alpha value is -3.31. The topological polar surface area (TPSA) is 114 Å². The lowest BCUT2D eigenvalue weighted by Crippen LogP contribution is -2.38. The number of carbonyl (C=O) groups excluding carboxylic acids is 2. The van der Waals surface area contributed by atoms with E-state index in [4.69, 9.17) is 0 Å². The highest BCUT2D eigenvalue weighted by Gasteiger charge is 2.36. The number of aromatic nitrogens is 4. The second-order valence-corrected chi connectivity index (χ2v) is 8.37. The summed E-state index contributed by atoms with van der Waals surface area (Å²) in [5.41, 5.74) is 1.28. The van der Waals surface area contributed by atoms with Crippen molar-refractivity contribution in [1.82, 2.24) is 29.4 Å². The molecule has 0 aromatic carbocycles. The van der Waals surface area contributed by atoms with Gasteiger partial charge in [-0.05, 0) is 37.9 Å². The van der Waals surface area contributed by atoms with Crippen LogP contribution in [0.5, 0.6) is 0 Å². The molecule has 3 aromatic rings. The number of fused-ring (bicyclic) bond motifs is 2. The van der Waals surface area contributed by atoms with Crippen LogP contribution >= 0.6 is 12.4 Å². The van der Waals surface area contributed by atoms with Gasteiger partial charge in [0.2, 0.25) is 5.91 Å². The van der Waals surface area contributed by atoms with Gasteiger partial charge in [0.25, 0.3) is 11.5 Å². The number of rotatable bonds is 6. The maximum Gasteiger partial charge on any atom is 0.280 e. The second-order valence-electron chi connectivity index (χ2n) is 8.37. The third-order valence-electron chi connectivity index (χ3n) is 6.12. The summed E-state index contributed by atoms with van der Waals surface area (Å²) in [5, 5.41) is 10.4. The Labute approximate surface area is 200 Å². The summed E-state index contributed by atoms with van der Waals surface area (Å²) in [6, 6.07) is 4.46. The number of nitrogens with one attached hydrogen (secondary N) is 2. The molecule has 1 fully saturated rings. The SMILES string of the molecule is CCc1cc2n(CC(=O)Nc3ccc(F)cn3)c3c(c(=O)n2n1)CN(CC1CCCN1)C3=O.Cl. The molecule has 3 aromatic heterocycles. The maximum absolute atomic E-state index is 13.4. The molecule has 2 amide bonds. The zero-order chi connectivity index (χ0) is 23.1. The highest BCUT2D eigenvalue weighted by Crippen LogP contribution is 2.24. The lowest BCUT2D eigenvalue weighted by Gasteiger charge is -2.20. The molecule has 34 heavy (non-hydrogen) atoms. The van der Waals surface area contributed by atoms with E-state index in [1.807, 2.05) is 6.92 Å². The van der Waals surface area contributed by atoms with E-state index < -0.39 is 11.7 Å². The van der Waals surface area contributed by atoms with Crippen molar-refractivity contribution in [2.75, 3.05) is 18.4 Å². The molecule has 2 aliphatic heterocycles.